The minimum absolute atomic E-state index is 0.543. The summed E-state index contributed by atoms with van der Waals surface area (Å²) >= 11 is 0. The normalized spacial score (nSPS) is 19.6. The maximum absolute atomic E-state index is 5.11. The lowest BCUT2D eigenvalue weighted by atomic mass is 10.1. The van der Waals surface area contributed by atoms with E-state index in [4.69, 9.17) is 4.74 Å². The van der Waals surface area contributed by atoms with Gasteiger partial charge >= 0.3 is 0 Å². The Hall–Kier alpha value is -0.940. The summed E-state index contributed by atoms with van der Waals surface area (Å²) in [6.07, 6.45) is 4.17. The summed E-state index contributed by atoms with van der Waals surface area (Å²) in [5.41, 5.74) is 0. The number of aromatic nitrogens is 3. The van der Waals surface area contributed by atoms with E-state index in [1.165, 1.54) is 12.8 Å². The van der Waals surface area contributed by atoms with Gasteiger partial charge in [-0.15, -0.1) is 10.2 Å². The molecule has 0 spiro atoms. The number of likely N-dealkylation sites (tertiary alicyclic amines) is 1. The van der Waals surface area contributed by atoms with E-state index in [0.29, 0.717) is 12.6 Å². The first-order valence-electron chi connectivity index (χ1n) is 5.37. The molecule has 2 heterocycles. The van der Waals surface area contributed by atoms with E-state index in [-0.39, 0.29) is 0 Å². The highest BCUT2D eigenvalue weighted by Crippen LogP contribution is 2.22. The van der Waals surface area contributed by atoms with E-state index in [2.05, 4.69) is 26.7 Å². The first-order valence-corrected chi connectivity index (χ1v) is 5.37. The summed E-state index contributed by atoms with van der Waals surface area (Å²) < 4.78 is 7.27. The van der Waals surface area contributed by atoms with Gasteiger partial charge in [-0.2, -0.15) is 0 Å². The fourth-order valence-corrected chi connectivity index (χ4v) is 2.08. The molecule has 0 N–H and O–H groups in total. The van der Waals surface area contributed by atoms with Gasteiger partial charge in [0.25, 0.3) is 0 Å². The lowest BCUT2D eigenvalue weighted by Gasteiger charge is -2.30. The number of nitrogens with zero attached hydrogens (tertiary/aromatic N) is 4. The van der Waals surface area contributed by atoms with Crippen molar-refractivity contribution in [2.45, 2.75) is 25.5 Å². The second-order valence-electron chi connectivity index (χ2n) is 4.12. The zero-order valence-electron chi connectivity index (χ0n) is 9.39. The monoisotopic (exact) mass is 210 g/mol. The highest BCUT2D eigenvalue weighted by molar-refractivity contribution is 4.89. The van der Waals surface area contributed by atoms with Gasteiger partial charge in [0.15, 0.2) is 5.82 Å². The molecule has 1 aromatic rings. The SMILES string of the molecule is COCc1nncn1C1CCN(C)CC1. The molecule has 2 rings (SSSR count). The molecule has 0 atom stereocenters. The van der Waals surface area contributed by atoms with Crippen LogP contribution >= 0.6 is 0 Å². The van der Waals surface area contributed by atoms with Crippen molar-refractivity contribution < 1.29 is 4.74 Å². The van der Waals surface area contributed by atoms with Crippen molar-refractivity contribution in [2.24, 2.45) is 0 Å². The van der Waals surface area contributed by atoms with Crippen molar-refractivity contribution in [3.63, 3.8) is 0 Å². The van der Waals surface area contributed by atoms with Crippen LogP contribution in [0.25, 0.3) is 0 Å². The summed E-state index contributed by atoms with van der Waals surface area (Å²) in [5, 5.41) is 8.03. The van der Waals surface area contributed by atoms with Crippen molar-refractivity contribution in [3.8, 4) is 0 Å². The van der Waals surface area contributed by atoms with Crippen molar-refractivity contribution in [2.75, 3.05) is 27.2 Å². The summed E-state index contributed by atoms with van der Waals surface area (Å²) in [4.78, 5) is 2.36. The smallest absolute Gasteiger partial charge is 0.159 e. The average molecular weight is 210 g/mol. The van der Waals surface area contributed by atoms with Crippen molar-refractivity contribution in [1.29, 1.82) is 0 Å². The number of ether oxygens (including phenoxy) is 1. The van der Waals surface area contributed by atoms with E-state index < -0.39 is 0 Å². The van der Waals surface area contributed by atoms with Crippen LogP contribution in [0.3, 0.4) is 0 Å². The lowest BCUT2D eigenvalue weighted by Crippen LogP contribution is -2.31. The first-order chi connectivity index (χ1) is 7.31. The van der Waals surface area contributed by atoms with Crippen LogP contribution in [0.5, 0.6) is 0 Å². The maximum Gasteiger partial charge on any atom is 0.159 e. The molecular weight excluding hydrogens is 192 g/mol. The molecule has 0 saturated carbocycles. The molecule has 5 nitrogen and oxygen atoms in total. The van der Waals surface area contributed by atoms with Crippen molar-refractivity contribution in [1.82, 2.24) is 19.7 Å². The van der Waals surface area contributed by atoms with Gasteiger partial charge in [0.05, 0.1) is 0 Å². The highest BCUT2D eigenvalue weighted by Gasteiger charge is 2.20. The lowest BCUT2D eigenvalue weighted by molar-refractivity contribution is 0.163. The third-order valence-corrected chi connectivity index (χ3v) is 3.00. The van der Waals surface area contributed by atoms with Gasteiger partial charge in [0, 0.05) is 13.2 Å². The molecule has 0 radical (unpaired) electrons. The number of rotatable bonds is 3. The molecule has 84 valence electrons. The Kier molecular flexibility index (Phi) is 3.33. The largest absolute Gasteiger partial charge is 0.377 e. The van der Waals surface area contributed by atoms with Gasteiger partial charge in [-0.25, -0.2) is 0 Å². The predicted octanol–water partition coefficient (Wildman–Crippen LogP) is 0.691. The number of hydrogen-bond acceptors (Lipinski definition) is 4. The Labute approximate surface area is 90.0 Å². The molecule has 0 unspecified atom stereocenters. The van der Waals surface area contributed by atoms with Crippen molar-refractivity contribution in [3.05, 3.63) is 12.2 Å². The fraction of sp³-hybridized carbons (Fsp3) is 0.800. The summed E-state index contributed by atoms with van der Waals surface area (Å²) in [5.74, 6) is 0.937. The number of hydrogen-bond donors (Lipinski definition) is 0. The number of methoxy groups -OCH3 is 1. The van der Waals surface area contributed by atoms with Gasteiger partial charge in [-0.05, 0) is 33.0 Å². The van der Waals surface area contributed by atoms with Gasteiger partial charge in [0.1, 0.15) is 12.9 Å². The Bertz CT molecular complexity index is 304. The average Bonchev–Trinajstić information content (AvgIpc) is 2.68. The van der Waals surface area contributed by atoms with Gasteiger partial charge in [0.2, 0.25) is 0 Å². The molecular formula is C10H18N4O. The maximum atomic E-state index is 5.11. The predicted molar refractivity (Wildman–Crippen MR) is 56.5 cm³/mol. The molecule has 0 amide bonds. The van der Waals surface area contributed by atoms with E-state index in [0.717, 1.165) is 18.9 Å². The Morgan fingerprint density at radius 1 is 1.47 bits per heavy atom. The van der Waals surface area contributed by atoms with Crippen LogP contribution in [0.1, 0.15) is 24.7 Å². The molecule has 15 heavy (non-hydrogen) atoms. The standard InChI is InChI=1S/C10H18N4O/c1-13-5-3-9(4-6-13)14-8-11-12-10(14)7-15-2/h8-9H,3-7H2,1-2H3. The van der Waals surface area contributed by atoms with Gasteiger partial charge in [-0.1, -0.05) is 0 Å². The molecule has 5 heteroatoms. The Balaban J connectivity index is 2.05. The van der Waals surface area contributed by atoms with Crippen molar-refractivity contribution >= 4 is 0 Å². The second-order valence-corrected chi connectivity index (χ2v) is 4.12. The van der Waals surface area contributed by atoms with Gasteiger partial charge in [-0.3, -0.25) is 0 Å². The summed E-state index contributed by atoms with van der Waals surface area (Å²) in [6, 6.07) is 0.543. The fourth-order valence-electron chi connectivity index (χ4n) is 2.08. The highest BCUT2D eigenvalue weighted by atomic mass is 16.5. The minimum Gasteiger partial charge on any atom is -0.377 e. The van der Waals surface area contributed by atoms with E-state index in [9.17, 15) is 0 Å². The Morgan fingerprint density at radius 3 is 2.87 bits per heavy atom. The topological polar surface area (TPSA) is 43.2 Å². The molecule has 0 aromatic carbocycles. The molecule has 1 saturated heterocycles. The third-order valence-electron chi connectivity index (χ3n) is 3.00. The zero-order chi connectivity index (χ0) is 10.7. The molecule has 1 aliphatic heterocycles. The van der Waals surface area contributed by atoms with E-state index in [1.54, 1.807) is 7.11 Å². The minimum atomic E-state index is 0.543. The summed E-state index contributed by atoms with van der Waals surface area (Å²) in [6.45, 7) is 2.84. The molecule has 1 aliphatic rings. The van der Waals surface area contributed by atoms with Crippen LogP contribution in [0.4, 0.5) is 0 Å². The molecule has 0 aliphatic carbocycles. The molecule has 1 aromatic heterocycles. The quantitative estimate of drug-likeness (QED) is 0.736. The van der Waals surface area contributed by atoms with Crippen LogP contribution in [0, 0.1) is 0 Å². The van der Waals surface area contributed by atoms with Crippen LogP contribution in [0.15, 0.2) is 6.33 Å². The Morgan fingerprint density at radius 2 is 2.20 bits per heavy atom. The number of piperidine rings is 1. The third kappa shape index (κ3) is 2.35. The second kappa shape index (κ2) is 4.72. The first kappa shape index (κ1) is 10.6. The van der Waals surface area contributed by atoms with Crippen LogP contribution in [-0.2, 0) is 11.3 Å². The van der Waals surface area contributed by atoms with E-state index in [1.807, 2.05) is 6.33 Å². The van der Waals surface area contributed by atoms with Crippen LogP contribution in [-0.4, -0.2) is 46.9 Å². The van der Waals surface area contributed by atoms with E-state index >= 15 is 0 Å². The summed E-state index contributed by atoms with van der Waals surface area (Å²) in [7, 11) is 3.85. The van der Waals surface area contributed by atoms with Crippen LogP contribution < -0.4 is 0 Å². The molecule has 1 fully saturated rings. The van der Waals surface area contributed by atoms with Crippen LogP contribution in [0.2, 0.25) is 0 Å². The van der Waals surface area contributed by atoms with Gasteiger partial charge < -0.3 is 14.2 Å². The molecule has 0 bridgehead atoms. The zero-order valence-corrected chi connectivity index (χ0v) is 9.39.